The van der Waals surface area contributed by atoms with Crippen LogP contribution in [0.1, 0.15) is 21.1 Å². The van der Waals surface area contributed by atoms with Gasteiger partial charge in [0.15, 0.2) is 5.96 Å². The standard InChI is InChI=1S/C17H24N4OS/c1-12-5-7-15(8-6-12)22-10-9-19-17(18-4)20-11-16-13(2)21-14(3)23-16/h5-8H,9-11H2,1-4H3,(H2,18,19,20). The third kappa shape index (κ3) is 5.56. The van der Waals surface area contributed by atoms with Gasteiger partial charge in [-0.05, 0) is 32.9 Å². The minimum absolute atomic E-state index is 0.586. The van der Waals surface area contributed by atoms with Gasteiger partial charge < -0.3 is 15.4 Å². The van der Waals surface area contributed by atoms with Crippen LogP contribution in [0.2, 0.25) is 0 Å². The Kier molecular flexibility index (Phi) is 6.40. The fourth-order valence-electron chi connectivity index (χ4n) is 2.09. The Morgan fingerprint density at radius 1 is 1.17 bits per heavy atom. The summed E-state index contributed by atoms with van der Waals surface area (Å²) in [6, 6.07) is 8.06. The highest BCUT2D eigenvalue weighted by molar-refractivity contribution is 7.11. The number of guanidine groups is 1. The van der Waals surface area contributed by atoms with Gasteiger partial charge in [0.05, 0.1) is 23.8 Å². The smallest absolute Gasteiger partial charge is 0.191 e. The number of hydrogen-bond donors (Lipinski definition) is 2. The molecule has 0 aliphatic rings. The highest BCUT2D eigenvalue weighted by Gasteiger charge is 2.05. The van der Waals surface area contributed by atoms with Crippen LogP contribution in [-0.2, 0) is 6.54 Å². The number of nitrogens with zero attached hydrogens (tertiary/aromatic N) is 2. The maximum atomic E-state index is 5.69. The Balaban J connectivity index is 1.70. The van der Waals surface area contributed by atoms with Crippen molar-refractivity contribution < 1.29 is 4.74 Å². The van der Waals surface area contributed by atoms with Crippen molar-refractivity contribution in [3.05, 3.63) is 45.4 Å². The first kappa shape index (κ1) is 17.3. The molecule has 0 unspecified atom stereocenters. The first-order valence-electron chi connectivity index (χ1n) is 7.65. The van der Waals surface area contributed by atoms with Crippen LogP contribution in [0.3, 0.4) is 0 Å². The average Bonchev–Trinajstić information content (AvgIpc) is 2.86. The maximum absolute atomic E-state index is 5.69. The summed E-state index contributed by atoms with van der Waals surface area (Å²) in [5, 5.41) is 7.64. The lowest BCUT2D eigenvalue weighted by Gasteiger charge is -2.12. The molecule has 0 aliphatic carbocycles. The number of aliphatic imine (C=N–C) groups is 1. The second-order valence-electron chi connectivity index (χ2n) is 5.26. The predicted octanol–water partition coefficient (Wildman–Crippen LogP) is 2.81. The lowest BCUT2D eigenvalue weighted by atomic mass is 10.2. The molecule has 0 saturated heterocycles. The third-order valence-electron chi connectivity index (χ3n) is 3.32. The number of nitrogens with one attached hydrogen (secondary N) is 2. The molecule has 2 rings (SSSR count). The van der Waals surface area contributed by atoms with E-state index in [1.54, 1.807) is 18.4 Å². The van der Waals surface area contributed by atoms with Crippen LogP contribution in [-0.4, -0.2) is 31.1 Å². The van der Waals surface area contributed by atoms with E-state index in [0.717, 1.165) is 29.0 Å². The summed E-state index contributed by atoms with van der Waals surface area (Å²) in [5.74, 6) is 1.65. The molecule has 1 aromatic heterocycles. The quantitative estimate of drug-likeness (QED) is 0.485. The zero-order valence-corrected chi connectivity index (χ0v) is 15.0. The Hall–Kier alpha value is -2.08. The summed E-state index contributed by atoms with van der Waals surface area (Å²) in [7, 11) is 1.76. The molecule has 0 spiro atoms. The zero-order valence-electron chi connectivity index (χ0n) is 14.1. The molecule has 0 amide bonds. The van der Waals surface area contributed by atoms with Crippen molar-refractivity contribution in [3.63, 3.8) is 0 Å². The van der Waals surface area contributed by atoms with Gasteiger partial charge in [0, 0.05) is 11.9 Å². The summed E-state index contributed by atoms with van der Waals surface area (Å²) in [5.41, 5.74) is 2.31. The molecule has 23 heavy (non-hydrogen) atoms. The molecule has 1 aromatic carbocycles. The fourth-order valence-corrected chi connectivity index (χ4v) is 2.97. The van der Waals surface area contributed by atoms with Gasteiger partial charge >= 0.3 is 0 Å². The number of benzene rings is 1. The van der Waals surface area contributed by atoms with Gasteiger partial charge in [-0.15, -0.1) is 11.3 Å². The molecule has 0 saturated carbocycles. The Bertz CT molecular complexity index is 649. The summed E-state index contributed by atoms with van der Waals surface area (Å²) < 4.78 is 5.69. The normalized spacial score (nSPS) is 11.4. The van der Waals surface area contributed by atoms with Crippen molar-refractivity contribution in [1.29, 1.82) is 0 Å². The minimum atomic E-state index is 0.586. The van der Waals surface area contributed by atoms with Crippen molar-refractivity contribution >= 4 is 17.3 Å². The topological polar surface area (TPSA) is 58.5 Å². The highest BCUT2D eigenvalue weighted by atomic mass is 32.1. The molecule has 6 heteroatoms. The Labute approximate surface area is 141 Å². The molecule has 0 bridgehead atoms. The second-order valence-corrected chi connectivity index (χ2v) is 6.54. The van der Waals surface area contributed by atoms with Gasteiger partial charge in [0.25, 0.3) is 0 Å². The number of rotatable bonds is 6. The number of aromatic nitrogens is 1. The van der Waals surface area contributed by atoms with Crippen LogP contribution in [0, 0.1) is 20.8 Å². The first-order chi connectivity index (χ1) is 11.1. The third-order valence-corrected chi connectivity index (χ3v) is 4.40. The number of hydrogen-bond acceptors (Lipinski definition) is 4. The number of ether oxygens (including phenoxy) is 1. The Morgan fingerprint density at radius 2 is 1.91 bits per heavy atom. The van der Waals surface area contributed by atoms with Crippen LogP contribution in [0.4, 0.5) is 0 Å². The van der Waals surface area contributed by atoms with E-state index in [1.807, 2.05) is 38.1 Å². The summed E-state index contributed by atoms with van der Waals surface area (Å²) >= 11 is 1.71. The molecule has 0 aliphatic heterocycles. The van der Waals surface area contributed by atoms with Crippen molar-refractivity contribution in [2.75, 3.05) is 20.2 Å². The van der Waals surface area contributed by atoms with E-state index < -0.39 is 0 Å². The highest BCUT2D eigenvalue weighted by Crippen LogP contribution is 2.16. The lowest BCUT2D eigenvalue weighted by molar-refractivity contribution is 0.322. The minimum Gasteiger partial charge on any atom is -0.492 e. The van der Waals surface area contributed by atoms with E-state index >= 15 is 0 Å². The van der Waals surface area contributed by atoms with Crippen molar-refractivity contribution in [3.8, 4) is 5.75 Å². The van der Waals surface area contributed by atoms with E-state index in [4.69, 9.17) is 4.74 Å². The van der Waals surface area contributed by atoms with Gasteiger partial charge in [-0.25, -0.2) is 4.98 Å². The molecule has 2 aromatic rings. The maximum Gasteiger partial charge on any atom is 0.191 e. The number of thiazole rings is 1. The summed E-state index contributed by atoms with van der Waals surface area (Å²) in [4.78, 5) is 9.88. The van der Waals surface area contributed by atoms with E-state index in [-0.39, 0.29) is 0 Å². The largest absolute Gasteiger partial charge is 0.492 e. The summed E-state index contributed by atoms with van der Waals surface area (Å²) in [6.07, 6.45) is 0. The molecular formula is C17H24N4OS. The second kappa shape index (κ2) is 8.53. The molecular weight excluding hydrogens is 308 g/mol. The molecule has 0 fully saturated rings. The average molecular weight is 332 g/mol. The summed E-state index contributed by atoms with van der Waals surface area (Å²) in [6.45, 7) is 8.13. The Morgan fingerprint density at radius 3 is 2.52 bits per heavy atom. The van der Waals surface area contributed by atoms with Crippen LogP contribution in [0.5, 0.6) is 5.75 Å². The zero-order chi connectivity index (χ0) is 16.7. The lowest BCUT2D eigenvalue weighted by Crippen LogP contribution is -2.38. The molecule has 1 heterocycles. The molecule has 2 N–H and O–H groups in total. The fraction of sp³-hybridized carbons (Fsp3) is 0.412. The van der Waals surface area contributed by atoms with Gasteiger partial charge in [-0.2, -0.15) is 0 Å². The van der Waals surface area contributed by atoms with Gasteiger partial charge in [0.2, 0.25) is 0 Å². The van der Waals surface area contributed by atoms with E-state index in [1.165, 1.54) is 10.4 Å². The van der Waals surface area contributed by atoms with Gasteiger partial charge in [0.1, 0.15) is 12.4 Å². The van der Waals surface area contributed by atoms with Crippen LogP contribution >= 0.6 is 11.3 Å². The van der Waals surface area contributed by atoms with Gasteiger partial charge in [-0.1, -0.05) is 17.7 Å². The molecule has 5 nitrogen and oxygen atoms in total. The van der Waals surface area contributed by atoms with E-state index in [9.17, 15) is 0 Å². The van der Waals surface area contributed by atoms with Crippen LogP contribution < -0.4 is 15.4 Å². The van der Waals surface area contributed by atoms with Crippen molar-refractivity contribution in [2.24, 2.45) is 4.99 Å². The molecule has 124 valence electrons. The monoisotopic (exact) mass is 332 g/mol. The van der Waals surface area contributed by atoms with Crippen LogP contribution in [0.25, 0.3) is 0 Å². The molecule has 0 atom stereocenters. The van der Waals surface area contributed by atoms with Crippen molar-refractivity contribution in [1.82, 2.24) is 15.6 Å². The van der Waals surface area contributed by atoms with Gasteiger partial charge in [-0.3, -0.25) is 4.99 Å². The SMILES string of the molecule is CN=C(NCCOc1ccc(C)cc1)NCc1sc(C)nc1C. The number of aryl methyl sites for hydroxylation is 3. The first-order valence-corrected chi connectivity index (χ1v) is 8.47. The van der Waals surface area contributed by atoms with E-state index in [0.29, 0.717) is 13.2 Å². The van der Waals surface area contributed by atoms with Crippen molar-refractivity contribution in [2.45, 2.75) is 27.3 Å². The van der Waals surface area contributed by atoms with Crippen LogP contribution in [0.15, 0.2) is 29.3 Å². The van der Waals surface area contributed by atoms with E-state index in [2.05, 4.69) is 27.5 Å². The molecule has 0 radical (unpaired) electrons. The predicted molar refractivity (Wildman–Crippen MR) is 96.5 cm³/mol.